The minimum atomic E-state index is -2.39. The molecule has 0 heterocycles. The Labute approximate surface area is 101 Å². The Balaban J connectivity index is 2.46. The Kier molecular flexibility index (Phi) is 6.30. The highest BCUT2D eigenvalue weighted by molar-refractivity contribution is 4.80. The van der Waals surface area contributed by atoms with Gasteiger partial charge in [0.05, 0.1) is 19.3 Å². The average Bonchev–Trinajstić information content (AvgIpc) is 2.23. The van der Waals surface area contributed by atoms with Crippen LogP contribution in [0.3, 0.4) is 0 Å². The van der Waals surface area contributed by atoms with Gasteiger partial charge in [-0.25, -0.2) is 8.78 Å². The molecule has 0 radical (unpaired) electrons. The van der Waals surface area contributed by atoms with Crippen molar-refractivity contribution in [1.82, 2.24) is 4.90 Å². The lowest BCUT2D eigenvalue weighted by Gasteiger charge is -2.35. The molecule has 17 heavy (non-hydrogen) atoms. The quantitative estimate of drug-likeness (QED) is 0.749. The van der Waals surface area contributed by atoms with Crippen molar-refractivity contribution in [2.75, 3.05) is 26.2 Å². The molecular formula is C12H23F2NO2. The first-order chi connectivity index (χ1) is 8.02. The molecule has 2 N–H and O–H groups in total. The predicted octanol–water partition coefficient (Wildman–Crippen LogP) is 1.34. The first kappa shape index (κ1) is 14.8. The third-order valence-corrected chi connectivity index (χ3v) is 3.51. The van der Waals surface area contributed by atoms with Crippen LogP contribution in [0.5, 0.6) is 0 Å². The molecule has 3 nitrogen and oxygen atoms in total. The van der Waals surface area contributed by atoms with E-state index in [9.17, 15) is 13.9 Å². The average molecular weight is 251 g/mol. The molecule has 1 aliphatic carbocycles. The van der Waals surface area contributed by atoms with Crippen LogP contribution in [-0.2, 0) is 0 Å². The van der Waals surface area contributed by atoms with Crippen LogP contribution < -0.4 is 0 Å². The maximum absolute atomic E-state index is 12.4. The minimum Gasteiger partial charge on any atom is -0.395 e. The van der Waals surface area contributed by atoms with Crippen molar-refractivity contribution < 1.29 is 19.0 Å². The van der Waals surface area contributed by atoms with E-state index in [4.69, 9.17) is 5.11 Å². The van der Waals surface area contributed by atoms with Crippen LogP contribution in [0.25, 0.3) is 0 Å². The Bertz CT molecular complexity index is 217. The molecule has 0 aliphatic heterocycles. The van der Waals surface area contributed by atoms with Gasteiger partial charge in [0.2, 0.25) is 0 Å². The van der Waals surface area contributed by atoms with Gasteiger partial charge in [-0.15, -0.1) is 0 Å². The molecule has 0 spiro atoms. The molecule has 0 amide bonds. The molecular weight excluding hydrogens is 228 g/mol. The lowest BCUT2D eigenvalue weighted by molar-refractivity contribution is 0.0108. The molecule has 102 valence electrons. The highest BCUT2D eigenvalue weighted by atomic mass is 19.3. The van der Waals surface area contributed by atoms with E-state index in [0.29, 0.717) is 12.5 Å². The molecule has 0 bridgehead atoms. The van der Waals surface area contributed by atoms with E-state index in [1.54, 1.807) is 4.90 Å². The number of halogens is 2. The Morgan fingerprint density at radius 1 is 1.35 bits per heavy atom. The molecule has 1 aliphatic rings. The van der Waals surface area contributed by atoms with Gasteiger partial charge in [-0.2, -0.15) is 0 Å². The highest BCUT2D eigenvalue weighted by Gasteiger charge is 2.29. The van der Waals surface area contributed by atoms with Gasteiger partial charge in [0, 0.05) is 13.1 Å². The summed E-state index contributed by atoms with van der Waals surface area (Å²) in [5, 5.41) is 18.7. The first-order valence-corrected chi connectivity index (χ1v) is 6.32. The van der Waals surface area contributed by atoms with E-state index >= 15 is 0 Å². The summed E-state index contributed by atoms with van der Waals surface area (Å²) in [6.45, 7) is 2.39. The summed E-state index contributed by atoms with van der Waals surface area (Å²) >= 11 is 0. The van der Waals surface area contributed by atoms with Crippen molar-refractivity contribution in [3.8, 4) is 0 Å². The van der Waals surface area contributed by atoms with Gasteiger partial charge >= 0.3 is 0 Å². The van der Waals surface area contributed by atoms with Crippen LogP contribution in [-0.4, -0.2) is 53.9 Å². The zero-order chi connectivity index (χ0) is 12.8. The van der Waals surface area contributed by atoms with Gasteiger partial charge < -0.3 is 10.2 Å². The summed E-state index contributed by atoms with van der Waals surface area (Å²) < 4.78 is 24.7. The molecule has 0 aromatic carbocycles. The smallest absolute Gasteiger partial charge is 0.251 e. The molecule has 3 atom stereocenters. The number of aliphatic hydroxyl groups is 2. The number of aliphatic hydroxyl groups excluding tert-OH is 2. The molecule has 0 aromatic heterocycles. The monoisotopic (exact) mass is 251 g/mol. The van der Waals surface area contributed by atoms with Gasteiger partial charge in [0.25, 0.3) is 6.43 Å². The Morgan fingerprint density at radius 2 is 2.06 bits per heavy atom. The van der Waals surface area contributed by atoms with Crippen molar-refractivity contribution in [3.63, 3.8) is 0 Å². The van der Waals surface area contributed by atoms with E-state index in [-0.39, 0.29) is 31.7 Å². The first-order valence-electron chi connectivity index (χ1n) is 6.32. The normalized spacial score (nSPS) is 30.2. The molecule has 0 saturated heterocycles. The minimum absolute atomic E-state index is 0.0593. The zero-order valence-corrected chi connectivity index (χ0v) is 10.4. The summed E-state index contributed by atoms with van der Waals surface area (Å²) in [6.07, 6.45) is -0.128. The summed E-state index contributed by atoms with van der Waals surface area (Å²) in [5.41, 5.74) is 0. The van der Waals surface area contributed by atoms with Gasteiger partial charge in [0.1, 0.15) is 0 Å². The standard InChI is InChI=1S/C12H23F2NO2/c1-9-2-3-11(17)10(6-9)7-15(4-5-16)8-12(13)14/h9-12,16-17H,2-8H2,1H3. The fourth-order valence-corrected chi connectivity index (χ4v) is 2.60. The van der Waals surface area contributed by atoms with Crippen molar-refractivity contribution >= 4 is 0 Å². The van der Waals surface area contributed by atoms with Gasteiger partial charge in [0.15, 0.2) is 0 Å². The molecule has 1 fully saturated rings. The Morgan fingerprint density at radius 3 is 2.65 bits per heavy atom. The third kappa shape index (κ3) is 5.27. The molecule has 1 saturated carbocycles. The number of hydrogen-bond donors (Lipinski definition) is 2. The lowest BCUT2D eigenvalue weighted by atomic mass is 9.80. The van der Waals surface area contributed by atoms with Crippen LogP contribution in [0.1, 0.15) is 26.2 Å². The third-order valence-electron chi connectivity index (χ3n) is 3.51. The molecule has 0 aromatic rings. The van der Waals surface area contributed by atoms with Crippen LogP contribution >= 0.6 is 0 Å². The summed E-state index contributed by atoms with van der Waals surface area (Å²) in [6, 6.07) is 0. The van der Waals surface area contributed by atoms with Crippen molar-refractivity contribution in [2.45, 2.75) is 38.7 Å². The number of hydrogen-bond acceptors (Lipinski definition) is 3. The van der Waals surface area contributed by atoms with E-state index < -0.39 is 6.43 Å². The summed E-state index contributed by atoms with van der Waals surface area (Å²) in [5.74, 6) is 0.606. The van der Waals surface area contributed by atoms with Gasteiger partial charge in [-0.3, -0.25) is 4.90 Å². The van der Waals surface area contributed by atoms with E-state index in [1.165, 1.54) is 0 Å². The zero-order valence-electron chi connectivity index (χ0n) is 10.4. The van der Waals surface area contributed by atoms with Crippen LogP contribution in [0.4, 0.5) is 8.78 Å². The van der Waals surface area contributed by atoms with Crippen LogP contribution in [0.2, 0.25) is 0 Å². The second kappa shape index (κ2) is 7.24. The number of alkyl halides is 2. The largest absolute Gasteiger partial charge is 0.395 e. The number of rotatable bonds is 6. The van der Waals surface area contributed by atoms with Crippen molar-refractivity contribution in [1.29, 1.82) is 0 Å². The SMILES string of the molecule is CC1CCC(O)C(CN(CCO)CC(F)F)C1. The maximum atomic E-state index is 12.4. The van der Waals surface area contributed by atoms with E-state index in [1.807, 2.05) is 0 Å². The lowest BCUT2D eigenvalue weighted by Crippen LogP contribution is -2.41. The van der Waals surface area contributed by atoms with Crippen LogP contribution in [0, 0.1) is 11.8 Å². The topological polar surface area (TPSA) is 43.7 Å². The summed E-state index contributed by atoms with van der Waals surface area (Å²) in [4.78, 5) is 1.55. The molecule has 1 rings (SSSR count). The molecule has 5 heteroatoms. The Hall–Kier alpha value is -0.260. The van der Waals surface area contributed by atoms with Crippen LogP contribution in [0.15, 0.2) is 0 Å². The second-order valence-corrected chi connectivity index (χ2v) is 5.12. The van der Waals surface area contributed by atoms with Gasteiger partial charge in [-0.05, 0) is 31.1 Å². The maximum Gasteiger partial charge on any atom is 0.251 e. The molecule has 3 unspecified atom stereocenters. The van der Waals surface area contributed by atoms with Gasteiger partial charge in [-0.1, -0.05) is 6.92 Å². The van der Waals surface area contributed by atoms with E-state index in [0.717, 1.165) is 19.3 Å². The summed E-state index contributed by atoms with van der Waals surface area (Å²) in [7, 11) is 0. The van der Waals surface area contributed by atoms with E-state index in [2.05, 4.69) is 6.92 Å². The second-order valence-electron chi connectivity index (χ2n) is 5.12. The fraction of sp³-hybridized carbons (Fsp3) is 1.00. The van der Waals surface area contributed by atoms with Crippen molar-refractivity contribution in [2.24, 2.45) is 11.8 Å². The fourth-order valence-electron chi connectivity index (χ4n) is 2.60. The highest BCUT2D eigenvalue weighted by Crippen LogP contribution is 2.29. The van der Waals surface area contributed by atoms with Crippen molar-refractivity contribution in [3.05, 3.63) is 0 Å². The predicted molar refractivity (Wildman–Crippen MR) is 62.0 cm³/mol. The number of nitrogens with zero attached hydrogens (tertiary/aromatic N) is 1.